The fourth-order valence-electron chi connectivity index (χ4n) is 1.82. The number of Topliss-reactive ketones (excluding diaryl/α,β-unsaturated/α-hetero) is 2. The van der Waals surface area contributed by atoms with Gasteiger partial charge in [-0.1, -0.05) is 26.0 Å². The number of carbonyl (C=O) groups excluding carboxylic acids is 2. The van der Waals surface area contributed by atoms with Crippen molar-refractivity contribution in [3.05, 3.63) is 35.6 Å². The third-order valence-corrected chi connectivity index (χ3v) is 2.79. The number of rotatable bonds is 4. The zero-order chi connectivity index (χ0) is 13.2. The van der Waals surface area contributed by atoms with Gasteiger partial charge in [-0.3, -0.25) is 9.59 Å². The molecule has 0 aliphatic carbocycles. The quantitative estimate of drug-likeness (QED) is 0.594. The van der Waals surface area contributed by atoms with Crippen molar-refractivity contribution in [2.75, 3.05) is 0 Å². The molecule has 0 radical (unpaired) electrons. The van der Waals surface area contributed by atoms with Crippen molar-refractivity contribution in [1.29, 1.82) is 0 Å². The fourth-order valence-corrected chi connectivity index (χ4v) is 1.82. The largest absolute Gasteiger partial charge is 0.298 e. The van der Waals surface area contributed by atoms with E-state index in [9.17, 15) is 14.0 Å². The molecular formula is C14H17FO2. The first-order chi connectivity index (χ1) is 7.76. The standard InChI is InChI=1S/C14H17FO2/c1-9(2)12(16)14(3,4)13(17)10-6-5-7-11(15)8-10/h5-9H,1-4H3. The van der Waals surface area contributed by atoms with Gasteiger partial charge in [0.25, 0.3) is 0 Å². The van der Waals surface area contributed by atoms with E-state index in [4.69, 9.17) is 0 Å². The van der Waals surface area contributed by atoms with Gasteiger partial charge in [-0.05, 0) is 26.0 Å². The molecule has 0 aliphatic heterocycles. The van der Waals surface area contributed by atoms with Gasteiger partial charge in [0.1, 0.15) is 11.6 Å². The summed E-state index contributed by atoms with van der Waals surface area (Å²) in [5.74, 6) is -1.16. The molecule has 0 aliphatic rings. The lowest BCUT2D eigenvalue weighted by atomic mass is 9.76. The third-order valence-electron chi connectivity index (χ3n) is 2.79. The van der Waals surface area contributed by atoms with Crippen LogP contribution >= 0.6 is 0 Å². The van der Waals surface area contributed by atoms with Gasteiger partial charge in [0.2, 0.25) is 0 Å². The Bertz CT molecular complexity index is 447. The lowest BCUT2D eigenvalue weighted by molar-refractivity contribution is -0.127. The highest BCUT2D eigenvalue weighted by Crippen LogP contribution is 2.26. The van der Waals surface area contributed by atoms with Gasteiger partial charge in [-0.2, -0.15) is 0 Å². The summed E-state index contributed by atoms with van der Waals surface area (Å²) in [6.07, 6.45) is 0. The topological polar surface area (TPSA) is 34.1 Å². The Labute approximate surface area is 101 Å². The smallest absolute Gasteiger partial charge is 0.175 e. The minimum absolute atomic E-state index is 0.133. The molecule has 0 amide bonds. The van der Waals surface area contributed by atoms with E-state index in [2.05, 4.69) is 0 Å². The Kier molecular flexibility index (Phi) is 3.81. The Morgan fingerprint density at radius 1 is 1.24 bits per heavy atom. The molecule has 1 rings (SSSR count). The molecule has 0 saturated heterocycles. The van der Waals surface area contributed by atoms with Crippen LogP contribution in [0, 0.1) is 17.2 Å². The molecule has 0 N–H and O–H groups in total. The van der Waals surface area contributed by atoms with Gasteiger partial charge in [0, 0.05) is 11.5 Å². The lowest BCUT2D eigenvalue weighted by Crippen LogP contribution is -2.36. The predicted molar refractivity (Wildman–Crippen MR) is 64.4 cm³/mol. The van der Waals surface area contributed by atoms with Gasteiger partial charge < -0.3 is 0 Å². The van der Waals surface area contributed by atoms with E-state index in [1.807, 2.05) is 0 Å². The first-order valence-electron chi connectivity index (χ1n) is 5.61. The summed E-state index contributed by atoms with van der Waals surface area (Å²) in [5, 5.41) is 0. The van der Waals surface area contributed by atoms with Crippen molar-refractivity contribution in [2.45, 2.75) is 27.7 Å². The van der Waals surface area contributed by atoms with Crippen LogP contribution in [0.1, 0.15) is 38.1 Å². The van der Waals surface area contributed by atoms with Crippen LogP contribution in [0.15, 0.2) is 24.3 Å². The van der Waals surface area contributed by atoms with E-state index in [0.29, 0.717) is 0 Å². The monoisotopic (exact) mass is 236 g/mol. The second-order valence-electron chi connectivity index (χ2n) is 4.98. The molecule has 92 valence electrons. The van der Waals surface area contributed by atoms with E-state index in [0.717, 1.165) is 6.07 Å². The zero-order valence-corrected chi connectivity index (χ0v) is 10.6. The summed E-state index contributed by atoms with van der Waals surface area (Å²) in [4.78, 5) is 24.1. The Hall–Kier alpha value is -1.51. The molecule has 0 saturated carbocycles. The first kappa shape index (κ1) is 13.6. The molecule has 1 aromatic rings. The van der Waals surface area contributed by atoms with Crippen LogP contribution < -0.4 is 0 Å². The maximum Gasteiger partial charge on any atom is 0.175 e. The van der Waals surface area contributed by atoms with Crippen LogP contribution in [0.25, 0.3) is 0 Å². The van der Waals surface area contributed by atoms with Crippen LogP contribution in [0.2, 0.25) is 0 Å². The minimum atomic E-state index is -1.11. The van der Waals surface area contributed by atoms with Crippen LogP contribution in [0.4, 0.5) is 4.39 Å². The van der Waals surface area contributed by atoms with Gasteiger partial charge in [0.15, 0.2) is 5.78 Å². The number of halogens is 1. The molecule has 0 spiro atoms. The van der Waals surface area contributed by atoms with Crippen molar-refractivity contribution in [3.8, 4) is 0 Å². The van der Waals surface area contributed by atoms with E-state index < -0.39 is 11.2 Å². The van der Waals surface area contributed by atoms with Crippen LogP contribution in [0.3, 0.4) is 0 Å². The maximum atomic E-state index is 13.0. The van der Waals surface area contributed by atoms with E-state index in [1.54, 1.807) is 27.7 Å². The molecule has 0 atom stereocenters. The highest BCUT2D eigenvalue weighted by molar-refractivity contribution is 6.14. The van der Waals surface area contributed by atoms with E-state index >= 15 is 0 Å². The SMILES string of the molecule is CC(C)C(=O)C(C)(C)C(=O)c1cccc(F)c1. The summed E-state index contributed by atoms with van der Waals surface area (Å²) >= 11 is 0. The molecule has 3 heteroatoms. The molecule has 1 aromatic carbocycles. The number of hydrogen-bond acceptors (Lipinski definition) is 2. The van der Waals surface area contributed by atoms with Crippen LogP contribution in [-0.2, 0) is 4.79 Å². The molecular weight excluding hydrogens is 219 g/mol. The number of hydrogen-bond donors (Lipinski definition) is 0. The summed E-state index contributed by atoms with van der Waals surface area (Å²) in [6, 6.07) is 5.44. The highest BCUT2D eigenvalue weighted by atomic mass is 19.1. The zero-order valence-electron chi connectivity index (χ0n) is 10.6. The molecule has 0 bridgehead atoms. The molecule has 2 nitrogen and oxygen atoms in total. The van der Waals surface area contributed by atoms with Gasteiger partial charge in [-0.15, -0.1) is 0 Å². The lowest BCUT2D eigenvalue weighted by Gasteiger charge is -2.23. The van der Waals surface area contributed by atoms with Crippen molar-refractivity contribution < 1.29 is 14.0 Å². The van der Waals surface area contributed by atoms with Gasteiger partial charge in [0.05, 0.1) is 5.41 Å². The molecule has 17 heavy (non-hydrogen) atoms. The fraction of sp³-hybridized carbons (Fsp3) is 0.429. The maximum absolute atomic E-state index is 13.0. The third kappa shape index (κ3) is 2.78. The van der Waals surface area contributed by atoms with Crippen molar-refractivity contribution in [2.24, 2.45) is 11.3 Å². The van der Waals surface area contributed by atoms with Crippen molar-refractivity contribution in [1.82, 2.24) is 0 Å². The molecule has 0 aromatic heterocycles. The average molecular weight is 236 g/mol. The van der Waals surface area contributed by atoms with Crippen LogP contribution in [0.5, 0.6) is 0 Å². The summed E-state index contributed by atoms with van der Waals surface area (Å²) < 4.78 is 13.0. The Morgan fingerprint density at radius 2 is 1.82 bits per heavy atom. The van der Waals surface area contributed by atoms with Crippen LogP contribution in [-0.4, -0.2) is 11.6 Å². The van der Waals surface area contributed by atoms with E-state index in [1.165, 1.54) is 18.2 Å². The number of benzene rings is 1. The normalized spacial score (nSPS) is 11.6. The second kappa shape index (κ2) is 4.78. The van der Waals surface area contributed by atoms with Crippen molar-refractivity contribution in [3.63, 3.8) is 0 Å². The van der Waals surface area contributed by atoms with E-state index in [-0.39, 0.29) is 23.0 Å². The summed E-state index contributed by atoms with van der Waals surface area (Å²) in [5.41, 5.74) is -0.869. The highest BCUT2D eigenvalue weighted by Gasteiger charge is 2.37. The molecule has 0 unspecified atom stereocenters. The number of ketones is 2. The Balaban J connectivity index is 3.08. The van der Waals surface area contributed by atoms with Gasteiger partial charge >= 0.3 is 0 Å². The molecule has 0 heterocycles. The predicted octanol–water partition coefficient (Wildman–Crippen LogP) is 3.26. The Morgan fingerprint density at radius 3 is 2.29 bits per heavy atom. The summed E-state index contributed by atoms with van der Waals surface area (Å²) in [6.45, 7) is 6.68. The van der Waals surface area contributed by atoms with Crippen molar-refractivity contribution >= 4 is 11.6 Å². The minimum Gasteiger partial charge on any atom is -0.298 e. The molecule has 0 fully saturated rings. The second-order valence-corrected chi connectivity index (χ2v) is 4.98. The summed E-state index contributed by atoms with van der Waals surface area (Å²) in [7, 11) is 0. The number of carbonyl (C=O) groups is 2. The average Bonchev–Trinajstić information content (AvgIpc) is 2.26. The first-order valence-corrected chi connectivity index (χ1v) is 5.61. The van der Waals surface area contributed by atoms with Gasteiger partial charge in [-0.25, -0.2) is 4.39 Å².